The number of carbonyl (C=O) groups is 2. The number of halogens is 1. The van der Waals surface area contributed by atoms with Gasteiger partial charge in [-0.25, -0.2) is 4.79 Å². The smallest absolute Gasteiger partial charge is 0.331 e. The second kappa shape index (κ2) is 8.11. The zero-order valence-corrected chi connectivity index (χ0v) is 11.2. The maximum atomic E-state index is 11.5. The Hall–Kier alpha value is -2.07. The summed E-state index contributed by atoms with van der Waals surface area (Å²) in [6.45, 7) is 1.49. The molecule has 0 heterocycles. The molecular weight excluding hydrogens is 266 g/mol. The minimum Gasteiger partial charge on any atom is -0.452 e. The number of nitrogens with one attached hydrogen (secondary N) is 1. The fraction of sp³-hybridized carbons (Fsp3) is 0.143. The van der Waals surface area contributed by atoms with Crippen LogP contribution in [0, 0.1) is 0 Å². The predicted octanol–water partition coefficient (Wildman–Crippen LogP) is 2.95. The Kier molecular flexibility index (Phi) is 6.39. The number of anilines is 1. The standard InChI is InChI=1S/C14H14ClNO3/c1-2-3-4-8-14(18)19-10-13(17)16-12-7-5-6-11(15)9-12/h2-9H,10H2,1H3,(H,16,17)/b3-2+,8-4+. The second-order valence-electron chi connectivity index (χ2n) is 3.55. The van der Waals surface area contributed by atoms with E-state index >= 15 is 0 Å². The molecule has 0 aliphatic rings. The van der Waals surface area contributed by atoms with Gasteiger partial charge in [-0.05, 0) is 25.1 Å². The lowest BCUT2D eigenvalue weighted by Crippen LogP contribution is -2.20. The number of hydrogen-bond acceptors (Lipinski definition) is 3. The van der Waals surface area contributed by atoms with Crippen molar-refractivity contribution in [3.8, 4) is 0 Å². The number of hydrogen-bond donors (Lipinski definition) is 1. The minimum absolute atomic E-state index is 0.342. The molecule has 1 aromatic carbocycles. The molecule has 100 valence electrons. The van der Waals surface area contributed by atoms with Gasteiger partial charge in [0.15, 0.2) is 6.61 Å². The van der Waals surface area contributed by atoms with Crippen molar-refractivity contribution in [3.63, 3.8) is 0 Å². The molecule has 1 N–H and O–H groups in total. The van der Waals surface area contributed by atoms with Gasteiger partial charge in [-0.2, -0.15) is 0 Å². The largest absolute Gasteiger partial charge is 0.452 e. The molecule has 0 aliphatic heterocycles. The average molecular weight is 280 g/mol. The maximum Gasteiger partial charge on any atom is 0.331 e. The summed E-state index contributed by atoms with van der Waals surface area (Å²) in [6.07, 6.45) is 6.24. The van der Waals surface area contributed by atoms with Gasteiger partial charge in [0.2, 0.25) is 0 Å². The molecule has 0 radical (unpaired) electrons. The van der Waals surface area contributed by atoms with E-state index in [1.165, 1.54) is 12.2 Å². The number of allylic oxidation sites excluding steroid dienone is 3. The van der Waals surface area contributed by atoms with Gasteiger partial charge in [0, 0.05) is 16.8 Å². The van der Waals surface area contributed by atoms with Crippen LogP contribution in [0.2, 0.25) is 5.02 Å². The van der Waals surface area contributed by atoms with Crippen LogP contribution < -0.4 is 5.32 Å². The van der Waals surface area contributed by atoms with E-state index in [0.29, 0.717) is 10.7 Å². The highest BCUT2D eigenvalue weighted by Crippen LogP contribution is 2.14. The van der Waals surface area contributed by atoms with E-state index in [4.69, 9.17) is 16.3 Å². The first-order valence-electron chi connectivity index (χ1n) is 5.63. The van der Waals surface area contributed by atoms with Crippen molar-refractivity contribution in [2.75, 3.05) is 11.9 Å². The number of rotatable bonds is 5. The van der Waals surface area contributed by atoms with E-state index in [1.54, 1.807) is 36.4 Å². The fourth-order valence-electron chi connectivity index (χ4n) is 1.19. The van der Waals surface area contributed by atoms with Gasteiger partial charge >= 0.3 is 5.97 Å². The Balaban J connectivity index is 2.38. The van der Waals surface area contributed by atoms with E-state index in [2.05, 4.69) is 5.32 Å². The van der Waals surface area contributed by atoms with E-state index in [9.17, 15) is 9.59 Å². The van der Waals surface area contributed by atoms with Crippen LogP contribution in [-0.4, -0.2) is 18.5 Å². The van der Waals surface area contributed by atoms with Crippen molar-refractivity contribution in [3.05, 3.63) is 53.6 Å². The van der Waals surface area contributed by atoms with Gasteiger partial charge < -0.3 is 10.1 Å². The summed E-state index contributed by atoms with van der Waals surface area (Å²) >= 11 is 5.77. The van der Waals surface area contributed by atoms with Crippen LogP contribution in [0.1, 0.15) is 6.92 Å². The first-order chi connectivity index (χ1) is 9.11. The Morgan fingerprint density at radius 1 is 1.37 bits per heavy atom. The number of carbonyl (C=O) groups excluding carboxylic acids is 2. The zero-order chi connectivity index (χ0) is 14.1. The summed E-state index contributed by atoms with van der Waals surface area (Å²) in [5.74, 6) is -0.991. The van der Waals surface area contributed by atoms with Gasteiger partial charge in [-0.15, -0.1) is 0 Å². The first-order valence-corrected chi connectivity index (χ1v) is 6.01. The van der Waals surface area contributed by atoms with Gasteiger partial charge in [0.05, 0.1) is 0 Å². The molecule has 19 heavy (non-hydrogen) atoms. The van der Waals surface area contributed by atoms with Gasteiger partial charge in [-0.3, -0.25) is 4.79 Å². The highest BCUT2D eigenvalue weighted by molar-refractivity contribution is 6.30. The van der Waals surface area contributed by atoms with Gasteiger partial charge in [-0.1, -0.05) is 35.9 Å². The number of esters is 1. The molecule has 5 heteroatoms. The first kappa shape index (κ1) is 15.0. The van der Waals surface area contributed by atoms with Crippen molar-refractivity contribution in [1.82, 2.24) is 0 Å². The summed E-state index contributed by atoms with van der Waals surface area (Å²) < 4.78 is 4.75. The summed E-state index contributed by atoms with van der Waals surface area (Å²) in [4.78, 5) is 22.7. The number of benzene rings is 1. The van der Waals surface area contributed by atoms with Crippen molar-refractivity contribution < 1.29 is 14.3 Å². The third-order valence-electron chi connectivity index (χ3n) is 1.99. The van der Waals surface area contributed by atoms with Crippen molar-refractivity contribution in [2.24, 2.45) is 0 Å². The summed E-state index contributed by atoms with van der Waals surface area (Å²) in [7, 11) is 0. The van der Waals surface area contributed by atoms with Crippen LogP contribution in [0.4, 0.5) is 5.69 Å². The number of ether oxygens (including phenoxy) is 1. The van der Waals surface area contributed by atoms with Crippen LogP contribution in [0.3, 0.4) is 0 Å². The van der Waals surface area contributed by atoms with E-state index in [0.717, 1.165) is 0 Å². The lowest BCUT2D eigenvalue weighted by Gasteiger charge is -2.05. The van der Waals surface area contributed by atoms with E-state index in [1.807, 2.05) is 6.92 Å². The average Bonchev–Trinajstić information content (AvgIpc) is 2.37. The van der Waals surface area contributed by atoms with Crippen molar-refractivity contribution in [2.45, 2.75) is 6.92 Å². The quantitative estimate of drug-likeness (QED) is 0.512. The summed E-state index contributed by atoms with van der Waals surface area (Å²) in [5.41, 5.74) is 0.554. The molecule has 0 aliphatic carbocycles. The molecule has 1 amide bonds. The van der Waals surface area contributed by atoms with Crippen LogP contribution in [0.5, 0.6) is 0 Å². The van der Waals surface area contributed by atoms with Crippen LogP contribution in [-0.2, 0) is 14.3 Å². The molecule has 0 atom stereocenters. The van der Waals surface area contributed by atoms with Crippen LogP contribution in [0.25, 0.3) is 0 Å². The summed E-state index contributed by atoms with van der Waals surface area (Å²) in [6, 6.07) is 6.71. The molecular formula is C14H14ClNO3. The van der Waals surface area contributed by atoms with Crippen LogP contribution >= 0.6 is 11.6 Å². The topological polar surface area (TPSA) is 55.4 Å². The zero-order valence-electron chi connectivity index (χ0n) is 10.4. The SMILES string of the molecule is C/C=C/C=C/C(=O)OCC(=O)Nc1cccc(Cl)c1. The third kappa shape index (κ3) is 6.43. The Morgan fingerprint density at radius 3 is 2.84 bits per heavy atom. The fourth-order valence-corrected chi connectivity index (χ4v) is 1.38. The Labute approximate surface area is 116 Å². The lowest BCUT2D eigenvalue weighted by molar-refractivity contribution is -0.142. The van der Waals surface area contributed by atoms with Gasteiger partial charge in [0.1, 0.15) is 0 Å². The number of amides is 1. The molecule has 0 unspecified atom stereocenters. The molecule has 0 fully saturated rings. The normalized spacial score (nSPS) is 10.8. The Morgan fingerprint density at radius 2 is 2.16 bits per heavy atom. The van der Waals surface area contributed by atoms with Crippen molar-refractivity contribution >= 4 is 29.2 Å². The highest BCUT2D eigenvalue weighted by atomic mass is 35.5. The Bertz CT molecular complexity index is 509. The third-order valence-corrected chi connectivity index (χ3v) is 2.22. The molecule has 0 aromatic heterocycles. The molecule has 1 aromatic rings. The van der Waals surface area contributed by atoms with Crippen molar-refractivity contribution in [1.29, 1.82) is 0 Å². The second-order valence-corrected chi connectivity index (χ2v) is 3.99. The molecule has 4 nitrogen and oxygen atoms in total. The van der Waals surface area contributed by atoms with Crippen LogP contribution in [0.15, 0.2) is 48.6 Å². The highest BCUT2D eigenvalue weighted by Gasteiger charge is 2.05. The monoisotopic (exact) mass is 279 g/mol. The molecule has 0 saturated carbocycles. The van der Waals surface area contributed by atoms with E-state index < -0.39 is 11.9 Å². The molecule has 0 saturated heterocycles. The molecule has 1 rings (SSSR count). The molecule has 0 spiro atoms. The molecule has 0 bridgehead atoms. The lowest BCUT2D eigenvalue weighted by atomic mass is 10.3. The summed E-state index contributed by atoms with van der Waals surface area (Å²) in [5, 5.41) is 3.08. The minimum atomic E-state index is -0.570. The van der Waals surface area contributed by atoms with E-state index in [-0.39, 0.29) is 6.61 Å². The van der Waals surface area contributed by atoms with Gasteiger partial charge in [0.25, 0.3) is 5.91 Å². The maximum absolute atomic E-state index is 11.5. The predicted molar refractivity (Wildman–Crippen MR) is 75.0 cm³/mol.